The number of hydrogen-bond donors (Lipinski definition) is 3. The molecule has 156 valence electrons. The number of amides is 1. The lowest BCUT2D eigenvalue weighted by Crippen LogP contribution is -2.26. The van der Waals surface area contributed by atoms with Crippen LogP contribution >= 0.6 is 23.2 Å². The smallest absolute Gasteiger partial charge is 0.341 e. The van der Waals surface area contributed by atoms with Gasteiger partial charge in [-0.05, 0) is 35.9 Å². The molecule has 0 saturated carbocycles. The summed E-state index contributed by atoms with van der Waals surface area (Å²) in [5, 5.41) is 12.5. The largest absolute Gasteiger partial charge is 0.494 e. The number of nitrogens with one attached hydrogen (secondary N) is 2. The van der Waals surface area contributed by atoms with Crippen molar-refractivity contribution in [3.05, 3.63) is 73.2 Å². The van der Waals surface area contributed by atoms with Crippen molar-refractivity contribution in [3.8, 4) is 5.75 Å². The van der Waals surface area contributed by atoms with Crippen LogP contribution in [0.1, 0.15) is 21.5 Å². The van der Waals surface area contributed by atoms with Crippen LogP contribution in [0.3, 0.4) is 0 Å². The van der Waals surface area contributed by atoms with Gasteiger partial charge in [0.15, 0.2) is 11.6 Å². The van der Waals surface area contributed by atoms with E-state index < -0.39 is 28.8 Å². The first-order valence-corrected chi connectivity index (χ1v) is 9.33. The van der Waals surface area contributed by atoms with E-state index in [-0.39, 0.29) is 34.3 Å². The fourth-order valence-electron chi connectivity index (χ4n) is 2.97. The second-order valence-corrected chi connectivity index (χ2v) is 7.19. The van der Waals surface area contributed by atoms with Gasteiger partial charge in [-0.1, -0.05) is 23.2 Å². The van der Waals surface area contributed by atoms with Crippen LogP contribution < -0.4 is 15.6 Å². The number of ether oxygens (including phenoxy) is 1. The molecule has 0 radical (unpaired) electrons. The highest BCUT2D eigenvalue weighted by atomic mass is 35.5. The van der Waals surface area contributed by atoms with Gasteiger partial charge in [-0.25, -0.2) is 9.18 Å². The van der Waals surface area contributed by atoms with E-state index in [2.05, 4.69) is 10.3 Å². The number of carbonyl (C=O) groups excluding carboxylic acids is 1. The topological polar surface area (TPSA) is 108 Å². The summed E-state index contributed by atoms with van der Waals surface area (Å²) < 4.78 is 19.3. The van der Waals surface area contributed by atoms with Gasteiger partial charge in [0.25, 0.3) is 5.56 Å². The fourth-order valence-corrected chi connectivity index (χ4v) is 3.43. The maximum Gasteiger partial charge on any atom is 0.341 e. The Morgan fingerprint density at radius 2 is 1.97 bits per heavy atom. The van der Waals surface area contributed by atoms with E-state index in [4.69, 9.17) is 33.0 Å². The summed E-state index contributed by atoms with van der Waals surface area (Å²) in [5.41, 5.74) is -0.431. The first-order valence-electron chi connectivity index (χ1n) is 8.57. The highest BCUT2D eigenvalue weighted by molar-refractivity contribution is 6.32. The fraction of sp³-hybridized carbons (Fsp3) is 0.150. The maximum atomic E-state index is 14.4. The minimum absolute atomic E-state index is 0.0102. The molecule has 30 heavy (non-hydrogen) atoms. The summed E-state index contributed by atoms with van der Waals surface area (Å²) in [5.74, 6) is -2.65. The van der Waals surface area contributed by atoms with Crippen molar-refractivity contribution >= 4 is 46.0 Å². The first kappa shape index (κ1) is 21.6. The van der Waals surface area contributed by atoms with Gasteiger partial charge in [-0.3, -0.25) is 9.59 Å². The lowest BCUT2D eigenvalue weighted by Gasteiger charge is -2.12. The van der Waals surface area contributed by atoms with Crippen LogP contribution in [0.2, 0.25) is 10.0 Å². The summed E-state index contributed by atoms with van der Waals surface area (Å²) in [6, 6.07) is 7.02. The summed E-state index contributed by atoms with van der Waals surface area (Å²) in [6.07, 6.45) is -0.333. The maximum absolute atomic E-state index is 14.4. The van der Waals surface area contributed by atoms with Gasteiger partial charge >= 0.3 is 5.97 Å². The van der Waals surface area contributed by atoms with E-state index in [1.807, 2.05) is 0 Å². The molecule has 1 amide bonds. The number of benzene rings is 2. The number of carbonyl (C=O) groups is 2. The summed E-state index contributed by atoms with van der Waals surface area (Å²) in [6.45, 7) is -0.0402. The van der Waals surface area contributed by atoms with Crippen LogP contribution in [0.4, 0.5) is 4.39 Å². The molecule has 3 aromatic rings. The summed E-state index contributed by atoms with van der Waals surface area (Å²) in [7, 11) is 1.30. The van der Waals surface area contributed by atoms with Crippen molar-refractivity contribution in [1.82, 2.24) is 10.3 Å². The molecule has 1 heterocycles. The van der Waals surface area contributed by atoms with Gasteiger partial charge in [-0.2, -0.15) is 0 Å². The summed E-state index contributed by atoms with van der Waals surface area (Å²) in [4.78, 5) is 38.0. The Labute approximate surface area is 179 Å². The number of fused-ring (bicyclic) bond motifs is 1. The number of pyridine rings is 1. The van der Waals surface area contributed by atoms with Crippen molar-refractivity contribution in [3.63, 3.8) is 0 Å². The van der Waals surface area contributed by atoms with Gasteiger partial charge in [0.05, 0.1) is 19.0 Å². The normalized spacial score (nSPS) is 10.8. The van der Waals surface area contributed by atoms with Gasteiger partial charge in [0.1, 0.15) is 5.56 Å². The number of aromatic nitrogens is 1. The van der Waals surface area contributed by atoms with Gasteiger partial charge in [-0.15, -0.1) is 0 Å². The number of halogens is 3. The minimum atomic E-state index is -1.37. The first-order chi connectivity index (χ1) is 14.2. The van der Waals surface area contributed by atoms with Crippen LogP contribution in [0, 0.1) is 5.82 Å². The van der Waals surface area contributed by atoms with E-state index in [0.717, 1.165) is 0 Å². The zero-order valence-corrected chi connectivity index (χ0v) is 17.0. The van der Waals surface area contributed by atoms with E-state index in [1.165, 1.54) is 37.4 Å². The Balaban J connectivity index is 1.86. The Morgan fingerprint density at radius 3 is 2.63 bits per heavy atom. The molecule has 1 aromatic heterocycles. The number of hydrogen-bond acceptors (Lipinski definition) is 4. The second kappa shape index (κ2) is 8.73. The molecule has 3 N–H and O–H groups in total. The molecule has 10 heteroatoms. The van der Waals surface area contributed by atoms with E-state index in [1.54, 1.807) is 0 Å². The second-order valence-electron chi connectivity index (χ2n) is 6.34. The zero-order chi connectivity index (χ0) is 22.0. The SMILES string of the molecule is COc1ccc(Cl)c(CC(=O)NCc2cc(Cl)cc3cc(C(=O)O)c(=O)[nH]c23)c1F. The molecule has 0 bridgehead atoms. The lowest BCUT2D eigenvalue weighted by atomic mass is 10.1. The third-order valence-electron chi connectivity index (χ3n) is 4.41. The third kappa shape index (κ3) is 4.39. The van der Waals surface area contributed by atoms with Crippen LogP contribution in [0.25, 0.3) is 10.9 Å². The van der Waals surface area contributed by atoms with Gasteiger partial charge < -0.3 is 20.1 Å². The van der Waals surface area contributed by atoms with Crippen molar-refractivity contribution in [2.45, 2.75) is 13.0 Å². The minimum Gasteiger partial charge on any atom is -0.494 e. The van der Waals surface area contributed by atoms with Crippen LogP contribution in [0.5, 0.6) is 5.75 Å². The van der Waals surface area contributed by atoms with Crippen LogP contribution in [-0.4, -0.2) is 29.1 Å². The van der Waals surface area contributed by atoms with Crippen molar-refractivity contribution in [2.75, 3.05) is 7.11 Å². The highest BCUT2D eigenvalue weighted by Gasteiger charge is 2.17. The Kier molecular flexibility index (Phi) is 6.28. The predicted molar refractivity (Wildman–Crippen MR) is 110 cm³/mol. The quantitative estimate of drug-likeness (QED) is 0.529. The molecule has 0 spiro atoms. The molecule has 0 aliphatic heterocycles. The molecule has 2 aromatic carbocycles. The van der Waals surface area contributed by atoms with Crippen molar-refractivity contribution in [1.29, 1.82) is 0 Å². The lowest BCUT2D eigenvalue weighted by molar-refractivity contribution is -0.120. The monoisotopic (exact) mass is 452 g/mol. The van der Waals surface area contributed by atoms with Crippen LogP contribution in [-0.2, 0) is 17.8 Å². The van der Waals surface area contributed by atoms with E-state index >= 15 is 0 Å². The van der Waals surface area contributed by atoms with Crippen molar-refractivity contribution < 1.29 is 23.8 Å². The zero-order valence-electron chi connectivity index (χ0n) is 15.5. The predicted octanol–water partition coefficient (Wildman–Crippen LogP) is 3.54. The van der Waals surface area contributed by atoms with Gasteiger partial charge in [0, 0.05) is 27.5 Å². The molecule has 0 unspecified atom stereocenters. The Bertz CT molecular complexity index is 1230. The number of rotatable bonds is 6. The number of aromatic carboxylic acids is 1. The van der Waals surface area contributed by atoms with Gasteiger partial charge in [0.2, 0.25) is 5.91 Å². The molecular weight excluding hydrogens is 438 g/mol. The molecule has 0 aliphatic carbocycles. The number of carboxylic acids is 1. The highest BCUT2D eigenvalue weighted by Crippen LogP contribution is 2.27. The number of methoxy groups -OCH3 is 1. The third-order valence-corrected chi connectivity index (χ3v) is 4.98. The van der Waals surface area contributed by atoms with Crippen LogP contribution in [0.15, 0.2) is 35.1 Å². The Morgan fingerprint density at radius 1 is 1.23 bits per heavy atom. The Hall–Kier alpha value is -3.10. The number of carboxylic acid groups (broad SMARTS) is 1. The molecule has 3 rings (SSSR count). The standard InChI is InChI=1S/C20H15Cl2FN2O5/c1-30-15-3-2-14(22)12(17(15)23)7-16(26)24-8-10-5-11(21)4-9-6-13(20(28)29)19(27)25-18(9)10/h2-6H,7-8H2,1H3,(H,24,26)(H,25,27)(H,28,29). The average Bonchev–Trinajstić information content (AvgIpc) is 2.69. The molecule has 0 saturated heterocycles. The molecular formula is C20H15Cl2FN2O5. The average molecular weight is 453 g/mol. The van der Waals surface area contributed by atoms with Crippen molar-refractivity contribution in [2.24, 2.45) is 0 Å². The molecule has 0 aliphatic rings. The number of H-pyrrole nitrogens is 1. The molecule has 7 nitrogen and oxygen atoms in total. The summed E-state index contributed by atoms with van der Waals surface area (Å²) >= 11 is 12.1. The molecule has 0 fully saturated rings. The molecule has 0 atom stereocenters. The van der Waals surface area contributed by atoms with E-state index in [0.29, 0.717) is 16.5 Å². The number of aromatic amines is 1. The van der Waals surface area contributed by atoms with E-state index in [9.17, 15) is 18.8 Å².